The molecule has 0 aromatic rings. The summed E-state index contributed by atoms with van der Waals surface area (Å²) < 4.78 is 8.11. The van der Waals surface area contributed by atoms with Crippen LogP contribution in [0.4, 0.5) is 9.59 Å². The monoisotopic (exact) mass is 238 g/mol. The van der Waals surface area contributed by atoms with Gasteiger partial charge in [0.25, 0.3) is 0 Å². The highest BCUT2D eigenvalue weighted by atomic mass is 32.2. The van der Waals surface area contributed by atoms with E-state index in [1.54, 1.807) is 6.92 Å². The first-order valence-corrected chi connectivity index (χ1v) is 4.95. The number of hydrogen-bond donors (Lipinski definition) is 2. The van der Waals surface area contributed by atoms with Crippen molar-refractivity contribution in [2.45, 2.75) is 18.8 Å². The van der Waals surface area contributed by atoms with Crippen molar-refractivity contribution < 1.29 is 34.1 Å². The fraction of sp³-hybridized carbons (Fsp3) is 0.571. The van der Waals surface area contributed by atoms with Crippen molar-refractivity contribution in [3.63, 3.8) is 0 Å². The third-order valence-corrected chi connectivity index (χ3v) is 2.06. The van der Waals surface area contributed by atoms with Crippen LogP contribution < -0.4 is 0 Å². The Balaban J connectivity index is 4.08. The summed E-state index contributed by atoms with van der Waals surface area (Å²) in [5.41, 5.74) is -0.945. The second-order valence-corrected chi connectivity index (χ2v) is 3.66. The van der Waals surface area contributed by atoms with Crippen LogP contribution in [-0.4, -0.2) is 39.7 Å². The molecule has 0 aliphatic carbocycles. The van der Waals surface area contributed by atoms with E-state index in [-0.39, 0.29) is 0 Å². The normalized spacial score (nSPS) is 11.5. The molecule has 0 saturated carbocycles. The van der Waals surface area contributed by atoms with Gasteiger partial charge in [0.2, 0.25) is 0 Å². The molecule has 1 unspecified atom stereocenters. The molecule has 7 nitrogen and oxygen atoms in total. The largest absolute Gasteiger partial charge is 0.519 e. The van der Waals surface area contributed by atoms with Crippen LogP contribution in [0.2, 0.25) is 0 Å². The van der Waals surface area contributed by atoms with Gasteiger partial charge < -0.3 is 19.7 Å². The molecule has 0 spiro atoms. The van der Waals surface area contributed by atoms with Crippen LogP contribution >= 0.6 is 11.8 Å². The summed E-state index contributed by atoms with van der Waals surface area (Å²) in [5, 5.41) is 16.5. The zero-order valence-electron chi connectivity index (χ0n) is 7.84. The van der Waals surface area contributed by atoms with Gasteiger partial charge in [0.15, 0.2) is 5.44 Å². The van der Waals surface area contributed by atoms with Crippen molar-refractivity contribution in [2.24, 2.45) is 0 Å². The molecule has 0 aliphatic rings. The van der Waals surface area contributed by atoms with Gasteiger partial charge in [-0.2, -0.15) is 0 Å². The van der Waals surface area contributed by atoms with E-state index in [1.165, 1.54) is 0 Å². The fourth-order valence-electron chi connectivity index (χ4n) is 0.666. The first-order valence-electron chi connectivity index (χ1n) is 3.90. The minimum absolute atomic E-state index is 0.409. The summed E-state index contributed by atoms with van der Waals surface area (Å²) in [7, 11) is 0. The van der Waals surface area contributed by atoms with Crippen molar-refractivity contribution in [1.29, 1.82) is 0 Å². The topological polar surface area (TPSA) is 110 Å². The predicted molar refractivity (Wildman–Crippen MR) is 49.8 cm³/mol. The van der Waals surface area contributed by atoms with Crippen LogP contribution in [0, 0.1) is 0 Å². The first kappa shape index (κ1) is 13.6. The maximum absolute atomic E-state index is 10.7. The average Bonchev–Trinajstić information content (AvgIpc) is 2.00. The van der Waals surface area contributed by atoms with Crippen molar-refractivity contribution >= 4 is 30.0 Å². The van der Waals surface area contributed by atoms with Gasteiger partial charge >= 0.3 is 18.3 Å². The van der Waals surface area contributed by atoms with E-state index in [0.29, 0.717) is 5.75 Å². The number of carbonyl (C=O) groups is 3. The Bertz CT molecular complexity index is 252. The SMILES string of the molecule is CCSC(CC(=O)O)OC(=O)OC(=O)O. The van der Waals surface area contributed by atoms with Crippen LogP contribution in [0.5, 0.6) is 0 Å². The molecule has 0 rings (SSSR count). The van der Waals surface area contributed by atoms with E-state index < -0.39 is 30.1 Å². The molecular formula is C7H10O7S. The molecule has 0 aliphatic heterocycles. The Kier molecular flexibility index (Phi) is 6.27. The van der Waals surface area contributed by atoms with Gasteiger partial charge in [-0.1, -0.05) is 6.92 Å². The predicted octanol–water partition coefficient (Wildman–Crippen LogP) is 1.37. The molecule has 0 saturated heterocycles. The van der Waals surface area contributed by atoms with E-state index in [1.807, 2.05) is 0 Å². The molecule has 0 amide bonds. The van der Waals surface area contributed by atoms with Crippen molar-refractivity contribution in [2.75, 3.05) is 5.75 Å². The molecule has 1 atom stereocenters. The Hall–Kier alpha value is -1.44. The minimum Gasteiger partial charge on any atom is -0.481 e. The number of ether oxygens (including phenoxy) is 2. The lowest BCUT2D eigenvalue weighted by Crippen LogP contribution is -2.21. The molecule has 0 bridgehead atoms. The van der Waals surface area contributed by atoms with Crippen LogP contribution in [0.25, 0.3) is 0 Å². The molecule has 0 fully saturated rings. The molecule has 2 N–H and O–H groups in total. The number of rotatable bonds is 5. The second kappa shape index (κ2) is 6.93. The highest BCUT2D eigenvalue weighted by Gasteiger charge is 2.20. The first-order chi connectivity index (χ1) is 6.95. The molecule has 0 heterocycles. The molecule has 0 radical (unpaired) electrons. The summed E-state index contributed by atoms with van der Waals surface area (Å²) in [6.07, 6.45) is -3.63. The number of carboxylic acids is 1. The van der Waals surface area contributed by atoms with Gasteiger partial charge in [0.05, 0.1) is 6.42 Å². The van der Waals surface area contributed by atoms with Gasteiger partial charge in [-0.3, -0.25) is 4.79 Å². The highest BCUT2D eigenvalue weighted by molar-refractivity contribution is 7.99. The smallest absolute Gasteiger partial charge is 0.481 e. The number of aliphatic carboxylic acids is 1. The molecule has 15 heavy (non-hydrogen) atoms. The van der Waals surface area contributed by atoms with E-state index in [9.17, 15) is 14.4 Å². The molecular weight excluding hydrogens is 228 g/mol. The third kappa shape index (κ3) is 7.62. The Morgan fingerprint density at radius 3 is 2.33 bits per heavy atom. The van der Waals surface area contributed by atoms with Gasteiger partial charge in [-0.05, 0) is 5.75 Å². The molecule has 0 aromatic carbocycles. The standard InChI is InChI=1S/C7H10O7S/c1-2-15-5(3-4(8)9)13-7(12)14-6(10)11/h5H,2-3H2,1H3,(H,8,9)(H,10,11). The lowest BCUT2D eigenvalue weighted by molar-refractivity contribution is -0.138. The van der Waals surface area contributed by atoms with Crippen molar-refractivity contribution in [3.8, 4) is 0 Å². The molecule has 8 heteroatoms. The lowest BCUT2D eigenvalue weighted by Gasteiger charge is -2.12. The maximum atomic E-state index is 10.7. The summed E-state index contributed by atoms with van der Waals surface area (Å²) in [6, 6.07) is 0. The van der Waals surface area contributed by atoms with Gasteiger partial charge in [0.1, 0.15) is 0 Å². The zero-order valence-corrected chi connectivity index (χ0v) is 8.65. The second-order valence-electron chi connectivity index (χ2n) is 2.22. The van der Waals surface area contributed by atoms with Crippen LogP contribution in [0.1, 0.15) is 13.3 Å². The average molecular weight is 238 g/mol. The van der Waals surface area contributed by atoms with Crippen LogP contribution in [-0.2, 0) is 14.3 Å². The Morgan fingerprint density at radius 1 is 1.33 bits per heavy atom. The summed E-state index contributed by atoms with van der Waals surface area (Å²) in [5.74, 6) is -0.623. The van der Waals surface area contributed by atoms with Crippen molar-refractivity contribution in [1.82, 2.24) is 0 Å². The van der Waals surface area contributed by atoms with Crippen LogP contribution in [0.15, 0.2) is 0 Å². The summed E-state index contributed by atoms with van der Waals surface area (Å²) in [4.78, 5) is 30.9. The number of hydrogen-bond acceptors (Lipinski definition) is 6. The highest BCUT2D eigenvalue weighted by Crippen LogP contribution is 2.16. The molecule has 0 aromatic heterocycles. The molecule has 86 valence electrons. The van der Waals surface area contributed by atoms with Gasteiger partial charge in [0, 0.05) is 0 Å². The van der Waals surface area contributed by atoms with E-state index in [2.05, 4.69) is 9.47 Å². The van der Waals surface area contributed by atoms with Crippen LogP contribution in [0.3, 0.4) is 0 Å². The van der Waals surface area contributed by atoms with Gasteiger partial charge in [-0.25, -0.2) is 9.59 Å². The summed E-state index contributed by atoms with van der Waals surface area (Å²) in [6.45, 7) is 1.74. The summed E-state index contributed by atoms with van der Waals surface area (Å²) >= 11 is 1.06. The number of thioether (sulfide) groups is 1. The third-order valence-electron chi connectivity index (χ3n) is 1.09. The number of carboxylic acid groups (broad SMARTS) is 2. The van der Waals surface area contributed by atoms with Gasteiger partial charge in [-0.15, -0.1) is 11.8 Å². The quantitative estimate of drug-likeness (QED) is 0.419. The Labute approximate surface area is 89.4 Å². The van der Waals surface area contributed by atoms with E-state index >= 15 is 0 Å². The Morgan fingerprint density at radius 2 is 1.93 bits per heavy atom. The zero-order chi connectivity index (χ0) is 11.8. The minimum atomic E-state index is -1.80. The van der Waals surface area contributed by atoms with E-state index in [4.69, 9.17) is 10.2 Å². The number of carbonyl (C=O) groups excluding carboxylic acids is 1. The maximum Gasteiger partial charge on any atom is 0.519 e. The van der Waals surface area contributed by atoms with Crippen molar-refractivity contribution in [3.05, 3.63) is 0 Å². The van der Waals surface area contributed by atoms with E-state index in [0.717, 1.165) is 11.8 Å². The fourth-order valence-corrected chi connectivity index (χ4v) is 1.44. The lowest BCUT2D eigenvalue weighted by atomic mass is 10.5.